The molecule has 21 heavy (non-hydrogen) atoms. The summed E-state index contributed by atoms with van der Waals surface area (Å²) in [6.07, 6.45) is 1.65. The molecule has 0 saturated carbocycles. The van der Waals surface area contributed by atoms with Crippen LogP contribution in [-0.2, 0) is 10.0 Å². The Morgan fingerprint density at radius 2 is 1.71 bits per heavy atom. The van der Waals surface area contributed by atoms with Crippen molar-refractivity contribution in [3.63, 3.8) is 0 Å². The summed E-state index contributed by atoms with van der Waals surface area (Å²) in [7, 11) is -3.57. The van der Waals surface area contributed by atoms with Crippen molar-refractivity contribution < 1.29 is 8.42 Å². The number of aryl methyl sites for hydroxylation is 3. The molecule has 0 aliphatic carbocycles. The van der Waals surface area contributed by atoms with Crippen LogP contribution in [0.4, 0.5) is 0 Å². The van der Waals surface area contributed by atoms with Crippen molar-refractivity contribution in [1.29, 1.82) is 0 Å². The Kier molecular flexibility index (Phi) is 4.44. The van der Waals surface area contributed by atoms with E-state index in [9.17, 15) is 8.42 Å². The lowest BCUT2D eigenvalue weighted by atomic mass is 10.1. The Balaban J connectivity index is 2.33. The number of benzene rings is 1. The molecule has 112 valence electrons. The number of sulfonamides is 1. The van der Waals surface area contributed by atoms with Gasteiger partial charge in [0, 0.05) is 6.20 Å². The van der Waals surface area contributed by atoms with Gasteiger partial charge in [-0.3, -0.25) is 4.98 Å². The van der Waals surface area contributed by atoms with E-state index >= 15 is 0 Å². The molecular weight excluding hydrogens is 284 g/mol. The normalized spacial score (nSPS) is 13.1. The highest BCUT2D eigenvalue weighted by molar-refractivity contribution is 7.89. The molecule has 0 fully saturated rings. The second-order valence-corrected chi connectivity index (χ2v) is 6.98. The molecule has 2 aromatic rings. The van der Waals surface area contributed by atoms with E-state index in [1.807, 2.05) is 32.9 Å². The van der Waals surface area contributed by atoms with Crippen molar-refractivity contribution in [1.82, 2.24) is 9.71 Å². The van der Waals surface area contributed by atoms with E-state index < -0.39 is 10.0 Å². The maximum Gasteiger partial charge on any atom is 0.241 e. The Morgan fingerprint density at radius 1 is 1.05 bits per heavy atom. The molecule has 0 bridgehead atoms. The van der Waals surface area contributed by atoms with Gasteiger partial charge in [0.25, 0.3) is 0 Å². The fourth-order valence-corrected chi connectivity index (χ4v) is 3.74. The molecule has 1 heterocycles. The monoisotopic (exact) mass is 304 g/mol. The summed E-state index contributed by atoms with van der Waals surface area (Å²) in [6, 6.07) is 8.69. The molecule has 1 aromatic carbocycles. The van der Waals surface area contributed by atoms with Crippen molar-refractivity contribution >= 4 is 10.0 Å². The summed E-state index contributed by atoms with van der Waals surface area (Å²) < 4.78 is 27.8. The van der Waals surface area contributed by atoms with Crippen molar-refractivity contribution in [2.75, 3.05) is 0 Å². The molecule has 0 spiro atoms. The maximum absolute atomic E-state index is 12.6. The molecule has 4 nitrogen and oxygen atoms in total. The highest BCUT2D eigenvalue weighted by Crippen LogP contribution is 2.22. The first kappa shape index (κ1) is 15.7. The van der Waals surface area contributed by atoms with Crippen LogP contribution in [0.3, 0.4) is 0 Å². The molecule has 0 aliphatic rings. The minimum atomic E-state index is -3.57. The topological polar surface area (TPSA) is 59.1 Å². The number of nitrogens with zero attached hydrogens (tertiary/aromatic N) is 1. The van der Waals surface area contributed by atoms with Gasteiger partial charge in [0.1, 0.15) is 0 Å². The second kappa shape index (κ2) is 5.95. The average Bonchev–Trinajstić information content (AvgIpc) is 2.43. The van der Waals surface area contributed by atoms with Gasteiger partial charge in [-0.2, -0.15) is 0 Å². The number of hydrogen-bond acceptors (Lipinski definition) is 3. The van der Waals surface area contributed by atoms with Crippen molar-refractivity contribution in [2.45, 2.75) is 38.6 Å². The quantitative estimate of drug-likeness (QED) is 0.944. The van der Waals surface area contributed by atoms with Gasteiger partial charge < -0.3 is 0 Å². The third-order valence-corrected chi connectivity index (χ3v) is 5.23. The molecule has 0 saturated heterocycles. The Bertz CT molecular complexity index is 740. The zero-order chi connectivity index (χ0) is 15.6. The van der Waals surface area contributed by atoms with Crippen LogP contribution in [0.25, 0.3) is 0 Å². The van der Waals surface area contributed by atoms with E-state index in [0.29, 0.717) is 10.6 Å². The first-order chi connectivity index (χ1) is 9.81. The predicted molar refractivity (Wildman–Crippen MR) is 83.6 cm³/mol. The van der Waals surface area contributed by atoms with Crippen LogP contribution in [-0.4, -0.2) is 13.4 Å². The summed E-state index contributed by atoms with van der Waals surface area (Å²) in [5.74, 6) is 0. The molecule has 5 heteroatoms. The van der Waals surface area contributed by atoms with Crippen molar-refractivity contribution in [3.8, 4) is 0 Å². The SMILES string of the molecule is Cc1cc(C)c(S(=O)(=O)NC(C)c2ccccn2)cc1C. The van der Waals surface area contributed by atoms with Gasteiger partial charge in [0.15, 0.2) is 0 Å². The molecule has 0 radical (unpaired) electrons. The minimum absolute atomic E-state index is 0.327. The first-order valence-corrected chi connectivity index (χ1v) is 8.30. The minimum Gasteiger partial charge on any atom is -0.260 e. The fraction of sp³-hybridized carbons (Fsp3) is 0.312. The van der Waals surface area contributed by atoms with Gasteiger partial charge in [0.05, 0.1) is 16.6 Å². The third-order valence-electron chi connectivity index (χ3n) is 3.54. The lowest BCUT2D eigenvalue weighted by Gasteiger charge is -2.16. The molecule has 0 aliphatic heterocycles. The molecule has 1 atom stereocenters. The van der Waals surface area contributed by atoms with E-state index in [0.717, 1.165) is 16.7 Å². The first-order valence-electron chi connectivity index (χ1n) is 6.82. The fourth-order valence-electron chi connectivity index (χ4n) is 2.21. The zero-order valence-corrected chi connectivity index (χ0v) is 13.5. The van der Waals surface area contributed by atoms with Crippen LogP contribution in [0.5, 0.6) is 0 Å². The van der Waals surface area contributed by atoms with Gasteiger partial charge in [-0.25, -0.2) is 13.1 Å². The largest absolute Gasteiger partial charge is 0.260 e. The zero-order valence-electron chi connectivity index (χ0n) is 12.7. The number of nitrogens with one attached hydrogen (secondary N) is 1. The van der Waals surface area contributed by atoms with Crippen LogP contribution in [0.15, 0.2) is 41.4 Å². The number of rotatable bonds is 4. The summed E-state index contributed by atoms with van der Waals surface area (Å²) in [5, 5.41) is 0. The lowest BCUT2D eigenvalue weighted by molar-refractivity contribution is 0.563. The average molecular weight is 304 g/mol. The summed E-state index contributed by atoms with van der Waals surface area (Å²) >= 11 is 0. The summed E-state index contributed by atoms with van der Waals surface area (Å²) in [5.41, 5.74) is 3.50. The van der Waals surface area contributed by atoms with Crippen LogP contribution in [0.1, 0.15) is 35.3 Å². The third kappa shape index (κ3) is 3.49. The molecule has 1 N–H and O–H groups in total. The molecule has 2 rings (SSSR count). The smallest absolute Gasteiger partial charge is 0.241 e. The van der Waals surface area contributed by atoms with Crippen molar-refractivity contribution in [2.24, 2.45) is 0 Å². The second-order valence-electron chi connectivity index (χ2n) is 5.30. The van der Waals surface area contributed by atoms with Crippen molar-refractivity contribution in [3.05, 3.63) is 58.9 Å². The Labute approximate surface area is 126 Å². The van der Waals surface area contributed by atoms with Crippen LogP contribution < -0.4 is 4.72 Å². The van der Waals surface area contributed by atoms with Gasteiger partial charge in [-0.1, -0.05) is 12.1 Å². The Morgan fingerprint density at radius 3 is 2.33 bits per heavy atom. The highest BCUT2D eigenvalue weighted by Gasteiger charge is 2.21. The number of aromatic nitrogens is 1. The standard InChI is InChI=1S/C16H20N2O2S/c1-11-9-13(3)16(10-12(11)2)21(19,20)18-14(4)15-7-5-6-8-17-15/h5-10,14,18H,1-4H3. The van der Waals surface area contributed by atoms with E-state index in [2.05, 4.69) is 9.71 Å². The maximum atomic E-state index is 12.6. The number of hydrogen-bond donors (Lipinski definition) is 1. The van der Waals surface area contributed by atoms with Gasteiger partial charge >= 0.3 is 0 Å². The van der Waals surface area contributed by atoms with E-state index in [1.54, 1.807) is 31.3 Å². The summed E-state index contributed by atoms with van der Waals surface area (Å²) in [6.45, 7) is 7.49. The number of pyridine rings is 1. The van der Waals surface area contributed by atoms with E-state index in [4.69, 9.17) is 0 Å². The van der Waals surface area contributed by atoms with Crippen LogP contribution >= 0.6 is 0 Å². The van der Waals surface area contributed by atoms with Gasteiger partial charge in [-0.05, 0) is 62.6 Å². The molecule has 1 aromatic heterocycles. The predicted octanol–water partition coefficient (Wildman–Crippen LogP) is 3.05. The molecule has 1 unspecified atom stereocenters. The lowest BCUT2D eigenvalue weighted by Crippen LogP contribution is -2.28. The molecule has 0 amide bonds. The molecular formula is C16H20N2O2S. The van der Waals surface area contributed by atoms with Gasteiger partial charge in [0.2, 0.25) is 10.0 Å². The Hall–Kier alpha value is -1.72. The van der Waals surface area contributed by atoms with E-state index in [-0.39, 0.29) is 6.04 Å². The van der Waals surface area contributed by atoms with E-state index in [1.165, 1.54) is 0 Å². The van der Waals surface area contributed by atoms with Crippen LogP contribution in [0.2, 0.25) is 0 Å². The van der Waals surface area contributed by atoms with Gasteiger partial charge in [-0.15, -0.1) is 0 Å². The van der Waals surface area contributed by atoms with Crippen LogP contribution in [0, 0.1) is 20.8 Å². The summed E-state index contributed by atoms with van der Waals surface area (Å²) in [4.78, 5) is 4.51. The highest BCUT2D eigenvalue weighted by atomic mass is 32.2.